The van der Waals surface area contributed by atoms with E-state index < -0.39 is 0 Å². The van der Waals surface area contributed by atoms with Crippen molar-refractivity contribution in [2.45, 2.75) is 19.4 Å². The minimum Gasteiger partial charge on any atom is -0.312 e. The predicted molar refractivity (Wildman–Crippen MR) is 59.2 cm³/mol. The van der Waals surface area contributed by atoms with E-state index in [4.69, 9.17) is 11.6 Å². The number of nitrogens with one attached hydrogen (secondary N) is 1. The van der Waals surface area contributed by atoms with Gasteiger partial charge in [-0.15, -0.1) is 23.2 Å². The minimum absolute atomic E-state index is 0.302. The first-order valence-corrected chi connectivity index (χ1v) is 5.34. The van der Waals surface area contributed by atoms with E-state index in [9.17, 15) is 0 Å². The standard InChI is InChI=1S/C10H12ClNS/c1-3-4-5-9(12-2)8-6-10(11)13-7-8/h6-7,9,12H,5H2,1-2H3. The van der Waals surface area contributed by atoms with Crippen molar-refractivity contribution in [3.8, 4) is 11.8 Å². The fourth-order valence-electron chi connectivity index (χ4n) is 1.10. The molecule has 13 heavy (non-hydrogen) atoms. The monoisotopic (exact) mass is 213 g/mol. The van der Waals surface area contributed by atoms with Crippen LogP contribution < -0.4 is 5.32 Å². The minimum atomic E-state index is 0.302. The molecule has 1 unspecified atom stereocenters. The summed E-state index contributed by atoms with van der Waals surface area (Å²) < 4.78 is 0.833. The molecule has 1 atom stereocenters. The fraction of sp³-hybridized carbons (Fsp3) is 0.400. The molecule has 0 aliphatic heterocycles. The smallest absolute Gasteiger partial charge is 0.0931 e. The molecule has 0 radical (unpaired) electrons. The molecule has 1 heterocycles. The number of thiophene rings is 1. The van der Waals surface area contributed by atoms with E-state index in [1.54, 1.807) is 11.3 Å². The Bertz CT molecular complexity index is 321. The van der Waals surface area contributed by atoms with Gasteiger partial charge in [0.2, 0.25) is 0 Å². The van der Waals surface area contributed by atoms with Gasteiger partial charge in [-0.25, -0.2) is 0 Å². The van der Waals surface area contributed by atoms with Crippen molar-refractivity contribution in [2.75, 3.05) is 7.05 Å². The molecule has 0 spiro atoms. The summed E-state index contributed by atoms with van der Waals surface area (Å²) in [7, 11) is 1.94. The number of halogens is 1. The van der Waals surface area contributed by atoms with Gasteiger partial charge in [0.25, 0.3) is 0 Å². The maximum Gasteiger partial charge on any atom is 0.0931 e. The van der Waals surface area contributed by atoms with Crippen LogP contribution in [0, 0.1) is 11.8 Å². The zero-order valence-electron chi connectivity index (χ0n) is 7.73. The van der Waals surface area contributed by atoms with Crippen LogP contribution >= 0.6 is 22.9 Å². The van der Waals surface area contributed by atoms with E-state index in [0.29, 0.717) is 6.04 Å². The Morgan fingerprint density at radius 3 is 2.92 bits per heavy atom. The van der Waals surface area contributed by atoms with E-state index in [-0.39, 0.29) is 0 Å². The van der Waals surface area contributed by atoms with Gasteiger partial charge in [0.15, 0.2) is 0 Å². The van der Waals surface area contributed by atoms with Crippen LogP contribution in [-0.4, -0.2) is 7.05 Å². The summed E-state index contributed by atoms with van der Waals surface area (Å²) >= 11 is 7.41. The molecule has 1 rings (SSSR count). The van der Waals surface area contributed by atoms with Gasteiger partial charge < -0.3 is 5.32 Å². The molecule has 0 aromatic carbocycles. The molecule has 1 aromatic rings. The first kappa shape index (κ1) is 10.6. The Morgan fingerprint density at radius 1 is 1.69 bits per heavy atom. The Kier molecular flexibility index (Phi) is 4.31. The Morgan fingerprint density at radius 2 is 2.46 bits per heavy atom. The highest BCUT2D eigenvalue weighted by molar-refractivity contribution is 7.14. The van der Waals surface area contributed by atoms with E-state index >= 15 is 0 Å². The van der Waals surface area contributed by atoms with Gasteiger partial charge in [0.1, 0.15) is 0 Å². The normalized spacial score (nSPS) is 11.9. The summed E-state index contributed by atoms with van der Waals surface area (Å²) in [6.45, 7) is 1.85. The fourth-order valence-corrected chi connectivity index (χ4v) is 2.04. The van der Waals surface area contributed by atoms with Crippen molar-refractivity contribution in [3.63, 3.8) is 0 Å². The number of rotatable bonds is 3. The van der Waals surface area contributed by atoms with Gasteiger partial charge in [-0.05, 0) is 31.0 Å². The third-order valence-electron chi connectivity index (χ3n) is 1.82. The van der Waals surface area contributed by atoms with Crippen molar-refractivity contribution in [2.24, 2.45) is 0 Å². The third kappa shape index (κ3) is 3.04. The molecule has 1 aromatic heterocycles. The first-order valence-electron chi connectivity index (χ1n) is 4.08. The van der Waals surface area contributed by atoms with Gasteiger partial charge in [-0.2, -0.15) is 0 Å². The van der Waals surface area contributed by atoms with Crippen LogP contribution in [-0.2, 0) is 0 Å². The maximum absolute atomic E-state index is 5.85. The van der Waals surface area contributed by atoms with Crippen molar-refractivity contribution in [1.29, 1.82) is 0 Å². The first-order chi connectivity index (χ1) is 6.27. The van der Waals surface area contributed by atoms with E-state index in [1.165, 1.54) is 5.56 Å². The van der Waals surface area contributed by atoms with Crippen LogP contribution in [0.1, 0.15) is 24.9 Å². The van der Waals surface area contributed by atoms with E-state index in [2.05, 4.69) is 22.5 Å². The SMILES string of the molecule is CC#CCC(NC)c1csc(Cl)c1. The highest BCUT2D eigenvalue weighted by Gasteiger charge is 2.08. The summed E-state index contributed by atoms with van der Waals surface area (Å²) in [5.41, 5.74) is 1.22. The molecule has 0 aliphatic carbocycles. The van der Waals surface area contributed by atoms with Gasteiger partial charge >= 0.3 is 0 Å². The molecule has 70 valence electrons. The predicted octanol–water partition coefficient (Wildman–Crippen LogP) is 3.08. The van der Waals surface area contributed by atoms with Crippen molar-refractivity contribution < 1.29 is 0 Å². The van der Waals surface area contributed by atoms with Crippen LogP contribution in [0.3, 0.4) is 0 Å². The topological polar surface area (TPSA) is 12.0 Å². The molecule has 0 amide bonds. The Balaban J connectivity index is 2.70. The van der Waals surface area contributed by atoms with Crippen molar-refractivity contribution in [3.05, 3.63) is 21.3 Å². The van der Waals surface area contributed by atoms with Crippen LogP contribution in [0.25, 0.3) is 0 Å². The summed E-state index contributed by atoms with van der Waals surface area (Å²) in [4.78, 5) is 0. The molecule has 0 saturated carbocycles. The average Bonchev–Trinajstić information content (AvgIpc) is 2.54. The molecule has 0 aliphatic rings. The summed E-state index contributed by atoms with van der Waals surface area (Å²) in [6, 6.07) is 2.29. The molecule has 1 nitrogen and oxygen atoms in total. The summed E-state index contributed by atoms with van der Waals surface area (Å²) in [5.74, 6) is 5.95. The lowest BCUT2D eigenvalue weighted by Crippen LogP contribution is -2.14. The number of hydrogen-bond donors (Lipinski definition) is 1. The van der Waals surface area contributed by atoms with E-state index in [1.807, 2.05) is 20.0 Å². The molecule has 0 fully saturated rings. The lowest BCUT2D eigenvalue weighted by molar-refractivity contribution is 0.613. The zero-order chi connectivity index (χ0) is 9.68. The zero-order valence-corrected chi connectivity index (χ0v) is 9.30. The van der Waals surface area contributed by atoms with Crippen LogP contribution in [0.15, 0.2) is 11.4 Å². The van der Waals surface area contributed by atoms with Crippen molar-refractivity contribution >= 4 is 22.9 Å². The second-order valence-corrected chi connectivity index (χ2v) is 4.20. The summed E-state index contributed by atoms with van der Waals surface area (Å²) in [6.07, 6.45) is 0.833. The highest BCUT2D eigenvalue weighted by Crippen LogP contribution is 2.26. The lowest BCUT2D eigenvalue weighted by Gasteiger charge is -2.10. The van der Waals surface area contributed by atoms with Gasteiger partial charge in [0, 0.05) is 12.5 Å². The van der Waals surface area contributed by atoms with Gasteiger partial charge in [0.05, 0.1) is 4.34 Å². The second-order valence-electron chi connectivity index (χ2n) is 2.66. The lowest BCUT2D eigenvalue weighted by atomic mass is 10.1. The van der Waals surface area contributed by atoms with Gasteiger partial charge in [-0.3, -0.25) is 0 Å². The largest absolute Gasteiger partial charge is 0.312 e. The summed E-state index contributed by atoms with van der Waals surface area (Å²) in [5, 5.41) is 5.28. The molecular formula is C10H12ClNS. The van der Waals surface area contributed by atoms with Crippen molar-refractivity contribution in [1.82, 2.24) is 5.32 Å². The van der Waals surface area contributed by atoms with Gasteiger partial charge in [-0.1, -0.05) is 11.6 Å². The quantitative estimate of drug-likeness (QED) is 0.761. The average molecular weight is 214 g/mol. The Hall–Kier alpha value is -0.490. The maximum atomic E-state index is 5.85. The van der Waals surface area contributed by atoms with Crippen LogP contribution in [0.2, 0.25) is 4.34 Å². The van der Waals surface area contributed by atoms with E-state index in [0.717, 1.165) is 10.8 Å². The molecule has 1 N–H and O–H groups in total. The molecule has 3 heteroatoms. The highest BCUT2D eigenvalue weighted by atomic mass is 35.5. The second kappa shape index (κ2) is 5.29. The van der Waals surface area contributed by atoms with Crippen LogP contribution in [0.4, 0.5) is 0 Å². The molecule has 0 saturated heterocycles. The van der Waals surface area contributed by atoms with Crippen LogP contribution in [0.5, 0.6) is 0 Å². The molecular weight excluding hydrogens is 202 g/mol. The molecule has 0 bridgehead atoms. The Labute approximate surface area is 88.1 Å². The third-order valence-corrected chi connectivity index (χ3v) is 2.93. The number of hydrogen-bond acceptors (Lipinski definition) is 2.